The molecule has 6 nitrogen and oxygen atoms in total. The zero-order valence-corrected chi connectivity index (χ0v) is 16.3. The lowest BCUT2D eigenvalue weighted by molar-refractivity contribution is -0.137. The van der Waals surface area contributed by atoms with Crippen LogP contribution in [0, 0.1) is 0 Å². The number of fused-ring (bicyclic) bond motifs is 1. The summed E-state index contributed by atoms with van der Waals surface area (Å²) < 4.78 is 1.12. The van der Waals surface area contributed by atoms with Crippen LogP contribution in [0.3, 0.4) is 0 Å². The summed E-state index contributed by atoms with van der Waals surface area (Å²) in [6.07, 6.45) is 5.41. The first-order valence-electron chi connectivity index (χ1n) is 8.19. The standard InChI is InChI=1S/C16H21N5OS.2ClH/c17-16(4-1-2-5-16)15(22)21-8-6-20(7-9-21)14-13-12(3-10-23-13)18-11-19-14;;/h3,10-11H,1-2,4-9,17H2;2*1H. The molecule has 1 saturated carbocycles. The Morgan fingerprint density at radius 3 is 2.48 bits per heavy atom. The van der Waals surface area contributed by atoms with Gasteiger partial charge in [-0.15, -0.1) is 36.2 Å². The molecule has 0 spiro atoms. The smallest absolute Gasteiger partial charge is 0.242 e. The normalized spacial score (nSPS) is 19.4. The molecule has 1 amide bonds. The second kappa shape index (κ2) is 8.03. The molecule has 2 aromatic heterocycles. The summed E-state index contributed by atoms with van der Waals surface area (Å²) in [4.78, 5) is 25.6. The van der Waals surface area contributed by atoms with Gasteiger partial charge in [-0.1, -0.05) is 12.8 Å². The van der Waals surface area contributed by atoms with Crippen molar-refractivity contribution >= 4 is 58.1 Å². The highest BCUT2D eigenvalue weighted by Crippen LogP contribution is 2.31. The highest BCUT2D eigenvalue weighted by molar-refractivity contribution is 7.17. The van der Waals surface area contributed by atoms with Gasteiger partial charge in [-0.3, -0.25) is 4.79 Å². The third-order valence-corrected chi connectivity index (χ3v) is 5.91. The Morgan fingerprint density at radius 2 is 1.80 bits per heavy atom. The van der Waals surface area contributed by atoms with Gasteiger partial charge in [0.05, 0.1) is 15.8 Å². The average molecular weight is 404 g/mol. The van der Waals surface area contributed by atoms with Gasteiger partial charge in [0.1, 0.15) is 12.1 Å². The molecule has 9 heteroatoms. The van der Waals surface area contributed by atoms with Crippen LogP contribution in [-0.2, 0) is 4.79 Å². The second-order valence-corrected chi connectivity index (χ2v) is 7.39. The maximum atomic E-state index is 12.7. The van der Waals surface area contributed by atoms with Crippen LogP contribution in [-0.4, -0.2) is 52.5 Å². The first-order chi connectivity index (χ1) is 11.2. The average Bonchev–Trinajstić information content (AvgIpc) is 3.23. The van der Waals surface area contributed by atoms with Gasteiger partial charge < -0.3 is 15.5 Å². The number of hydrogen-bond donors (Lipinski definition) is 1. The highest BCUT2D eigenvalue weighted by atomic mass is 35.5. The SMILES string of the molecule is Cl.Cl.NC1(C(=O)N2CCN(c3ncnc4ccsc34)CC2)CCCC1. The van der Waals surface area contributed by atoms with Crippen molar-refractivity contribution in [2.75, 3.05) is 31.1 Å². The van der Waals surface area contributed by atoms with Crippen molar-refractivity contribution in [2.24, 2.45) is 5.73 Å². The van der Waals surface area contributed by atoms with E-state index in [1.807, 2.05) is 16.3 Å². The predicted molar refractivity (Wildman–Crippen MR) is 106 cm³/mol. The fourth-order valence-electron chi connectivity index (χ4n) is 3.66. The Labute approximate surface area is 163 Å². The molecule has 0 radical (unpaired) electrons. The zero-order valence-electron chi connectivity index (χ0n) is 13.9. The van der Waals surface area contributed by atoms with Gasteiger partial charge in [-0.2, -0.15) is 0 Å². The monoisotopic (exact) mass is 403 g/mol. The van der Waals surface area contributed by atoms with Crippen LogP contribution in [0.4, 0.5) is 5.82 Å². The van der Waals surface area contributed by atoms with Crippen molar-refractivity contribution in [3.8, 4) is 0 Å². The third-order valence-electron chi connectivity index (χ3n) is 5.01. The molecule has 1 aliphatic carbocycles. The van der Waals surface area contributed by atoms with Gasteiger partial charge in [0.2, 0.25) is 5.91 Å². The van der Waals surface area contributed by atoms with E-state index in [2.05, 4.69) is 14.9 Å². The topological polar surface area (TPSA) is 75.4 Å². The maximum Gasteiger partial charge on any atom is 0.242 e. The first-order valence-corrected chi connectivity index (χ1v) is 9.07. The quantitative estimate of drug-likeness (QED) is 0.832. The third kappa shape index (κ3) is 3.69. The van der Waals surface area contributed by atoms with Gasteiger partial charge in [0.15, 0.2) is 0 Å². The molecule has 0 bridgehead atoms. The number of rotatable bonds is 2. The molecule has 2 N–H and O–H groups in total. The van der Waals surface area contributed by atoms with E-state index in [9.17, 15) is 4.79 Å². The van der Waals surface area contributed by atoms with Crippen LogP contribution >= 0.6 is 36.2 Å². The highest BCUT2D eigenvalue weighted by Gasteiger charge is 2.40. The van der Waals surface area contributed by atoms with Crippen LogP contribution in [0.5, 0.6) is 0 Å². The Kier molecular flexibility index (Phi) is 6.48. The number of piperazine rings is 1. The number of anilines is 1. The number of halogens is 2. The summed E-state index contributed by atoms with van der Waals surface area (Å²) in [5, 5.41) is 2.04. The second-order valence-electron chi connectivity index (χ2n) is 6.47. The van der Waals surface area contributed by atoms with Crippen molar-refractivity contribution in [2.45, 2.75) is 31.2 Å². The summed E-state index contributed by atoms with van der Waals surface area (Å²) in [7, 11) is 0. The molecule has 0 atom stereocenters. The molecule has 1 saturated heterocycles. The van der Waals surface area contributed by atoms with Crippen LogP contribution in [0.15, 0.2) is 17.8 Å². The number of carbonyl (C=O) groups excluding carboxylic acids is 1. The van der Waals surface area contributed by atoms with E-state index in [4.69, 9.17) is 5.73 Å². The number of carbonyl (C=O) groups is 1. The summed E-state index contributed by atoms with van der Waals surface area (Å²) in [5.74, 6) is 1.12. The van der Waals surface area contributed by atoms with Crippen molar-refractivity contribution < 1.29 is 4.79 Å². The van der Waals surface area contributed by atoms with Gasteiger partial charge in [0.25, 0.3) is 0 Å². The molecule has 138 valence electrons. The van der Waals surface area contributed by atoms with Crippen LogP contribution in [0.1, 0.15) is 25.7 Å². The molecule has 2 aromatic rings. The van der Waals surface area contributed by atoms with Crippen molar-refractivity contribution in [1.82, 2.24) is 14.9 Å². The molecular formula is C16H23Cl2N5OS. The number of nitrogens with zero attached hydrogens (tertiary/aromatic N) is 4. The summed E-state index contributed by atoms with van der Waals surface area (Å²) in [5.41, 5.74) is 6.69. The molecule has 1 aliphatic heterocycles. The number of thiophene rings is 1. The lowest BCUT2D eigenvalue weighted by Crippen LogP contribution is -2.58. The van der Waals surface area contributed by atoms with Crippen molar-refractivity contribution in [1.29, 1.82) is 0 Å². The van der Waals surface area contributed by atoms with Gasteiger partial charge in [-0.25, -0.2) is 9.97 Å². The lowest BCUT2D eigenvalue weighted by atomic mass is 9.97. The fourth-order valence-corrected chi connectivity index (χ4v) is 4.52. The van der Waals surface area contributed by atoms with E-state index >= 15 is 0 Å². The zero-order chi connectivity index (χ0) is 15.9. The number of amides is 1. The number of aromatic nitrogens is 2. The number of hydrogen-bond acceptors (Lipinski definition) is 6. The predicted octanol–water partition coefficient (Wildman–Crippen LogP) is 2.46. The van der Waals surface area contributed by atoms with E-state index in [0.29, 0.717) is 13.1 Å². The summed E-state index contributed by atoms with van der Waals surface area (Å²) in [6.45, 7) is 3.03. The Bertz CT molecular complexity index is 726. The summed E-state index contributed by atoms with van der Waals surface area (Å²) in [6, 6.07) is 2.02. The van der Waals surface area contributed by atoms with E-state index in [-0.39, 0.29) is 30.7 Å². The van der Waals surface area contributed by atoms with E-state index < -0.39 is 5.54 Å². The minimum absolute atomic E-state index is 0. The largest absolute Gasteiger partial charge is 0.352 e. The van der Waals surface area contributed by atoms with E-state index in [1.165, 1.54) is 0 Å². The van der Waals surface area contributed by atoms with Crippen LogP contribution in [0.2, 0.25) is 0 Å². The van der Waals surface area contributed by atoms with Crippen molar-refractivity contribution in [3.05, 3.63) is 17.8 Å². The maximum absolute atomic E-state index is 12.7. The molecular weight excluding hydrogens is 381 g/mol. The van der Waals surface area contributed by atoms with E-state index in [1.54, 1.807) is 17.7 Å². The first kappa shape index (κ1) is 20.2. The van der Waals surface area contributed by atoms with Gasteiger partial charge in [-0.05, 0) is 24.3 Å². The van der Waals surface area contributed by atoms with Crippen molar-refractivity contribution in [3.63, 3.8) is 0 Å². The number of nitrogens with two attached hydrogens (primary N) is 1. The van der Waals surface area contributed by atoms with E-state index in [0.717, 1.165) is 54.8 Å². The Hall–Kier alpha value is -1.15. The van der Waals surface area contributed by atoms with Crippen LogP contribution < -0.4 is 10.6 Å². The Morgan fingerprint density at radius 1 is 1.12 bits per heavy atom. The van der Waals surface area contributed by atoms with Crippen LogP contribution in [0.25, 0.3) is 10.2 Å². The molecule has 0 unspecified atom stereocenters. The molecule has 0 aromatic carbocycles. The Balaban J connectivity index is 0.00000113. The molecule has 3 heterocycles. The molecule has 2 fully saturated rings. The summed E-state index contributed by atoms with van der Waals surface area (Å²) >= 11 is 1.67. The molecule has 4 rings (SSSR count). The van der Waals surface area contributed by atoms with Gasteiger partial charge in [0, 0.05) is 26.2 Å². The van der Waals surface area contributed by atoms with Gasteiger partial charge >= 0.3 is 0 Å². The minimum Gasteiger partial charge on any atom is -0.352 e. The lowest BCUT2D eigenvalue weighted by Gasteiger charge is -2.38. The molecule has 2 aliphatic rings. The molecule has 25 heavy (non-hydrogen) atoms. The fraction of sp³-hybridized carbons (Fsp3) is 0.562. The minimum atomic E-state index is -0.613.